The molecule has 1 N–H and O–H groups in total. The molecule has 0 aliphatic carbocycles. The number of H-pyrrole nitrogens is 1. The number of hydrogen-bond donors (Lipinski definition) is 1. The Morgan fingerprint density at radius 3 is 2.86 bits per heavy atom. The molecular weight excluding hydrogens is 202 g/mol. The van der Waals surface area contributed by atoms with Crippen molar-refractivity contribution >= 4 is 17.4 Å². The van der Waals surface area contributed by atoms with Crippen LogP contribution in [0.1, 0.15) is 0 Å². The van der Waals surface area contributed by atoms with Gasteiger partial charge in [-0.15, -0.1) is 4.91 Å². The highest BCUT2D eigenvalue weighted by molar-refractivity contribution is 6.33. The van der Waals surface area contributed by atoms with E-state index in [4.69, 9.17) is 11.6 Å². The number of aromatic amines is 1. The Balaban J connectivity index is 2.60. The van der Waals surface area contributed by atoms with E-state index in [9.17, 15) is 4.91 Å². The van der Waals surface area contributed by atoms with E-state index in [2.05, 4.69) is 15.1 Å². The van der Waals surface area contributed by atoms with Crippen LogP contribution in [0.25, 0.3) is 11.3 Å². The molecule has 70 valence electrons. The molecule has 0 aliphatic rings. The van der Waals surface area contributed by atoms with Crippen LogP contribution in [0.2, 0.25) is 5.02 Å². The Bertz CT molecular complexity index is 467. The first-order valence-corrected chi connectivity index (χ1v) is 4.32. The van der Waals surface area contributed by atoms with E-state index in [1.165, 1.54) is 6.33 Å². The van der Waals surface area contributed by atoms with Crippen LogP contribution < -0.4 is 0 Å². The van der Waals surface area contributed by atoms with Crippen LogP contribution in [-0.4, -0.2) is 9.97 Å². The molecule has 2 aromatic rings. The van der Waals surface area contributed by atoms with Crippen LogP contribution in [0.4, 0.5) is 5.82 Å². The van der Waals surface area contributed by atoms with Gasteiger partial charge in [0, 0.05) is 5.56 Å². The maximum Gasteiger partial charge on any atom is 0.222 e. The fraction of sp³-hybridized carbons (Fsp3) is 0. The summed E-state index contributed by atoms with van der Waals surface area (Å²) in [6.45, 7) is 0. The summed E-state index contributed by atoms with van der Waals surface area (Å²) in [5.74, 6) is 0.123. The summed E-state index contributed by atoms with van der Waals surface area (Å²) in [5, 5.41) is 3.35. The van der Waals surface area contributed by atoms with E-state index >= 15 is 0 Å². The molecule has 0 fully saturated rings. The maximum absolute atomic E-state index is 10.4. The molecule has 0 atom stereocenters. The predicted molar refractivity (Wildman–Crippen MR) is 54.5 cm³/mol. The zero-order chi connectivity index (χ0) is 9.97. The number of nitroso groups, excluding NO2 is 1. The molecule has 0 aliphatic heterocycles. The van der Waals surface area contributed by atoms with Crippen molar-refractivity contribution < 1.29 is 0 Å². The maximum atomic E-state index is 10.4. The van der Waals surface area contributed by atoms with E-state index < -0.39 is 0 Å². The molecule has 0 radical (unpaired) electrons. The smallest absolute Gasteiger partial charge is 0.222 e. The third kappa shape index (κ3) is 1.40. The molecule has 2 rings (SSSR count). The Hall–Kier alpha value is -1.68. The van der Waals surface area contributed by atoms with E-state index in [1.807, 2.05) is 12.1 Å². The Labute approximate surface area is 84.9 Å². The summed E-state index contributed by atoms with van der Waals surface area (Å²) in [6, 6.07) is 7.18. The van der Waals surface area contributed by atoms with Gasteiger partial charge in [0.15, 0.2) is 0 Å². The molecule has 1 aromatic heterocycles. The highest BCUT2D eigenvalue weighted by Gasteiger charge is 2.10. The summed E-state index contributed by atoms with van der Waals surface area (Å²) in [7, 11) is 0. The number of hydrogen-bond acceptors (Lipinski definition) is 3. The molecule has 0 saturated carbocycles. The van der Waals surface area contributed by atoms with Gasteiger partial charge in [-0.1, -0.05) is 29.8 Å². The zero-order valence-electron chi connectivity index (χ0n) is 7.07. The van der Waals surface area contributed by atoms with Crippen molar-refractivity contribution in [1.82, 2.24) is 9.97 Å². The Kier molecular flexibility index (Phi) is 2.28. The molecule has 4 nitrogen and oxygen atoms in total. The lowest BCUT2D eigenvalue weighted by Gasteiger charge is -1.99. The number of nitrogens with one attached hydrogen (secondary N) is 1. The van der Waals surface area contributed by atoms with Crippen molar-refractivity contribution in [2.45, 2.75) is 0 Å². The first kappa shape index (κ1) is 8.90. The van der Waals surface area contributed by atoms with Crippen molar-refractivity contribution in [3.63, 3.8) is 0 Å². The average Bonchev–Trinajstić information content (AvgIpc) is 2.66. The van der Waals surface area contributed by atoms with Crippen LogP contribution in [0.5, 0.6) is 0 Å². The van der Waals surface area contributed by atoms with E-state index in [0.29, 0.717) is 10.7 Å². The van der Waals surface area contributed by atoms with Gasteiger partial charge in [0.2, 0.25) is 5.82 Å². The van der Waals surface area contributed by atoms with Crippen molar-refractivity contribution in [2.75, 3.05) is 0 Å². The third-order valence-corrected chi connectivity index (χ3v) is 2.18. The van der Waals surface area contributed by atoms with Crippen molar-refractivity contribution in [3.8, 4) is 11.3 Å². The van der Waals surface area contributed by atoms with Gasteiger partial charge in [0.25, 0.3) is 0 Å². The second kappa shape index (κ2) is 3.59. The van der Waals surface area contributed by atoms with Gasteiger partial charge in [-0.05, 0) is 11.2 Å². The second-order valence-electron chi connectivity index (χ2n) is 2.67. The lowest BCUT2D eigenvalue weighted by Crippen LogP contribution is -1.78. The zero-order valence-corrected chi connectivity index (χ0v) is 7.82. The van der Waals surface area contributed by atoms with Gasteiger partial charge < -0.3 is 4.98 Å². The summed E-state index contributed by atoms with van der Waals surface area (Å²) in [4.78, 5) is 17.0. The molecule has 0 bridgehead atoms. The highest BCUT2D eigenvalue weighted by Crippen LogP contribution is 2.31. The molecule has 0 amide bonds. The fourth-order valence-corrected chi connectivity index (χ4v) is 1.45. The minimum atomic E-state index is 0.123. The van der Waals surface area contributed by atoms with Crippen LogP contribution in [0.3, 0.4) is 0 Å². The molecule has 14 heavy (non-hydrogen) atoms. The van der Waals surface area contributed by atoms with Gasteiger partial charge in [-0.25, -0.2) is 4.98 Å². The van der Waals surface area contributed by atoms with Gasteiger partial charge in [-0.3, -0.25) is 0 Å². The summed E-state index contributed by atoms with van der Waals surface area (Å²) < 4.78 is 0. The average molecular weight is 208 g/mol. The minimum Gasteiger partial charge on any atom is -0.343 e. The number of halogens is 1. The molecule has 1 aromatic carbocycles. The van der Waals surface area contributed by atoms with Crippen LogP contribution in [0, 0.1) is 4.91 Å². The molecule has 0 spiro atoms. The fourth-order valence-electron chi connectivity index (χ4n) is 1.22. The van der Waals surface area contributed by atoms with Crippen molar-refractivity contribution in [1.29, 1.82) is 0 Å². The summed E-state index contributed by atoms with van der Waals surface area (Å²) >= 11 is 5.95. The predicted octanol–water partition coefficient (Wildman–Crippen LogP) is 3.13. The largest absolute Gasteiger partial charge is 0.343 e. The van der Waals surface area contributed by atoms with Crippen LogP contribution in [-0.2, 0) is 0 Å². The van der Waals surface area contributed by atoms with Crippen molar-refractivity contribution in [2.24, 2.45) is 5.18 Å². The normalized spacial score (nSPS) is 10.1. The van der Waals surface area contributed by atoms with Crippen LogP contribution >= 0.6 is 11.6 Å². The van der Waals surface area contributed by atoms with Crippen molar-refractivity contribution in [3.05, 3.63) is 40.5 Å². The first-order valence-electron chi connectivity index (χ1n) is 3.94. The van der Waals surface area contributed by atoms with Crippen LogP contribution in [0.15, 0.2) is 35.8 Å². The molecule has 0 unspecified atom stereocenters. The number of aromatic nitrogens is 2. The topological polar surface area (TPSA) is 58.1 Å². The quantitative estimate of drug-likeness (QED) is 0.770. The molecule has 0 saturated heterocycles. The summed E-state index contributed by atoms with van der Waals surface area (Å²) in [5.41, 5.74) is 1.27. The molecule has 5 heteroatoms. The molecule has 1 heterocycles. The number of benzene rings is 1. The second-order valence-corrected chi connectivity index (χ2v) is 3.08. The number of nitrogens with zero attached hydrogens (tertiary/aromatic N) is 2. The number of rotatable bonds is 2. The van der Waals surface area contributed by atoms with Gasteiger partial charge in [0.05, 0.1) is 17.0 Å². The third-order valence-electron chi connectivity index (χ3n) is 1.85. The first-order chi connectivity index (χ1) is 6.83. The van der Waals surface area contributed by atoms with Gasteiger partial charge in [0.1, 0.15) is 0 Å². The minimum absolute atomic E-state index is 0.123. The SMILES string of the molecule is O=Nc1nc[nH]c1-c1ccccc1Cl. The van der Waals surface area contributed by atoms with Gasteiger partial charge >= 0.3 is 0 Å². The Morgan fingerprint density at radius 1 is 1.36 bits per heavy atom. The van der Waals surface area contributed by atoms with Gasteiger partial charge in [-0.2, -0.15) is 0 Å². The molecular formula is C9H6ClN3O. The lowest BCUT2D eigenvalue weighted by atomic mass is 10.1. The standard InChI is InChI=1S/C9H6ClN3O/c10-7-4-2-1-3-6(7)8-9(13-14)12-5-11-8/h1-5H,(H,11,12). The Morgan fingerprint density at radius 2 is 2.14 bits per heavy atom. The summed E-state index contributed by atoms with van der Waals surface area (Å²) in [6.07, 6.45) is 1.41. The van der Waals surface area contributed by atoms with E-state index in [1.54, 1.807) is 12.1 Å². The lowest BCUT2D eigenvalue weighted by molar-refractivity contribution is 1.29. The van der Waals surface area contributed by atoms with E-state index in [-0.39, 0.29) is 5.82 Å². The number of imidazole rings is 1. The monoisotopic (exact) mass is 207 g/mol. The highest BCUT2D eigenvalue weighted by atomic mass is 35.5. The van der Waals surface area contributed by atoms with E-state index in [0.717, 1.165) is 5.56 Å².